The maximum Gasteiger partial charge on any atom is 0.241 e. The number of thioether (sulfide) groups is 1. The highest BCUT2D eigenvalue weighted by atomic mass is 32.2. The molecule has 1 amide bonds. The summed E-state index contributed by atoms with van der Waals surface area (Å²) in [7, 11) is 3.56. The van der Waals surface area contributed by atoms with Gasteiger partial charge in [0.25, 0.3) is 0 Å². The number of hydrogen-bond acceptors (Lipinski definition) is 6. The van der Waals surface area contributed by atoms with Crippen molar-refractivity contribution in [3.05, 3.63) is 5.82 Å². The Kier molecular flexibility index (Phi) is 6.22. The van der Waals surface area contributed by atoms with Crippen molar-refractivity contribution in [2.45, 2.75) is 30.5 Å². The first-order valence-electron chi connectivity index (χ1n) is 7.52. The normalized spacial score (nSPS) is 17.7. The number of methoxy groups -OCH3 is 1. The van der Waals surface area contributed by atoms with Crippen LogP contribution < -0.4 is 5.73 Å². The first-order chi connectivity index (χ1) is 10.6. The summed E-state index contributed by atoms with van der Waals surface area (Å²) in [6.07, 6.45) is 4.87. The molecule has 0 aromatic carbocycles. The van der Waals surface area contributed by atoms with Gasteiger partial charge in [-0.25, -0.2) is 0 Å². The summed E-state index contributed by atoms with van der Waals surface area (Å²) in [6.45, 7) is 1.79. The van der Waals surface area contributed by atoms with Crippen molar-refractivity contribution >= 4 is 17.7 Å². The molecule has 0 unspecified atom stereocenters. The molecule has 1 aliphatic rings. The molecular formula is C14H25N5O2S. The van der Waals surface area contributed by atoms with E-state index in [1.165, 1.54) is 0 Å². The van der Waals surface area contributed by atoms with Crippen LogP contribution >= 0.6 is 11.8 Å². The molecule has 2 N–H and O–H groups in total. The monoisotopic (exact) mass is 327 g/mol. The van der Waals surface area contributed by atoms with Gasteiger partial charge in [-0.1, -0.05) is 11.8 Å². The lowest BCUT2D eigenvalue weighted by atomic mass is 9.93. The SMILES string of the molecule is COC[C@H](N)C(=O)N1CCC(Cc2nnc(SC)n2C)CC1. The van der Waals surface area contributed by atoms with E-state index >= 15 is 0 Å². The van der Waals surface area contributed by atoms with Crippen LogP contribution in [0.15, 0.2) is 5.16 Å². The van der Waals surface area contributed by atoms with Gasteiger partial charge in [0.2, 0.25) is 5.91 Å². The minimum atomic E-state index is -0.551. The Balaban J connectivity index is 1.84. The minimum Gasteiger partial charge on any atom is -0.383 e. The molecule has 0 radical (unpaired) electrons. The summed E-state index contributed by atoms with van der Waals surface area (Å²) in [6, 6.07) is -0.551. The topological polar surface area (TPSA) is 86.3 Å². The van der Waals surface area contributed by atoms with Gasteiger partial charge < -0.3 is 19.9 Å². The summed E-state index contributed by atoms with van der Waals surface area (Å²) in [5, 5.41) is 9.37. The van der Waals surface area contributed by atoms with Crippen LogP contribution in [-0.4, -0.2) is 64.7 Å². The van der Waals surface area contributed by atoms with Gasteiger partial charge >= 0.3 is 0 Å². The van der Waals surface area contributed by atoms with Crippen LogP contribution in [0.25, 0.3) is 0 Å². The molecule has 1 aromatic heterocycles. The third-order valence-electron chi connectivity index (χ3n) is 4.17. The number of amides is 1. The highest BCUT2D eigenvalue weighted by molar-refractivity contribution is 7.98. The standard InChI is InChI=1S/C14H25N5O2S/c1-18-12(16-17-14(18)22-3)8-10-4-6-19(7-5-10)13(20)11(15)9-21-2/h10-11H,4-9,15H2,1-3H3/t11-/m0/s1. The first-order valence-corrected chi connectivity index (χ1v) is 8.74. The maximum atomic E-state index is 12.1. The van der Waals surface area contributed by atoms with Gasteiger partial charge in [0.05, 0.1) is 6.61 Å². The minimum absolute atomic E-state index is 0.0105. The van der Waals surface area contributed by atoms with Gasteiger partial charge in [0, 0.05) is 33.7 Å². The zero-order valence-electron chi connectivity index (χ0n) is 13.5. The molecule has 1 aliphatic heterocycles. The van der Waals surface area contributed by atoms with Crippen LogP contribution in [-0.2, 0) is 23.0 Å². The summed E-state index contributed by atoms with van der Waals surface area (Å²) < 4.78 is 7.00. The Labute approximate surface area is 135 Å². The van der Waals surface area contributed by atoms with Crippen LogP contribution in [0.4, 0.5) is 0 Å². The second kappa shape index (κ2) is 7.94. The number of nitrogens with two attached hydrogens (primary N) is 1. The smallest absolute Gasteiger partial charge is 0.241 e. The number of hydrogen-bond donors (Lipinski definition) is 1. The van der Waals surface area contributed by atoms with Crippen molar-refractivity contribution in [1.82, 2.24) is 19.7 Å². The molecule has 8 heteroatoms. The first kappa shape index (κ1) is 17.2. The van der Waals surface area contributed by atoms with E-state index in [-0.39, 0.29) is 12.5 Å². The summed E-state index contributed by atoms with van der Waals surface area (Å²) in [5.41, 5.74) is 5.81. The van der Waals surface area contributed by atoms with Crippen LogP contribution in [0.3, 0.4) is 0 Å². The fourth-order valence-corrected chi connectivity index (χ4v) is 3.30. The van der Waals surface area contributed by atoms with Crippen LogP contribution in [0.2, 0.25) is 0 Å². The molecule has 0 spiro atoms. The molecule has 0 saturated carbocycles. The number of likely N-dealkylation sites (tertiary alicyclic amines) is 1. The van der Waals surface area contributed by atoms with E-state index in [0.717, 1.165) is 43.3 Å². The third-order valence-corrected chi connectivity index (χ3v) is 4.89. The third kappa shape index (κ3) is 3.99. The van der Waals surface area contributed by atoms with Gasteiger partial charge in [-0.2, -0.15) is 0 Å². The Morgan fingerprint density at radius 1 is 1.45 bits per heavy atom. The second-order valence-corrected chi connectivity index (χ2v) is 6.47. The molecule has 2 heterocycles. The Bertz CT molecular complexity index is 499. The quantitative estimate of drug-likeness (QED) is 0.756. The number of carbonyl (C=O) groups excluding carboxylic acids is 1. The molecule has 0 aliphatic carbocycles. The molecule has 1 atom stereocenters. The summed E-state index contributed by atoms with van der Waals surface area (Å²) >= 11 is 1.60. The molecule has 124 valence electrons. The average Bonchev–Trinajstić information content (AvgIpc) is 2.88. The molecule has 0 bridgehead atoms. The molecule has 1 fully saturated rings. The van der Waals surface area contributed by atoms with E-state index in [0.29, 0.717) is 5.92 Å². The number of ether oxygens (including phenoxy) is 1. The highest BCUT2D eigenvalue weighted by Crippen LogP contribution is 2.22. The lowest BCUT2D eigenvalue weighted by Crippen LogP contribution is -2.49. The van der Waals surface area contributed by atoms with Crippen molar-refractivity contribution in [3.8, 4) is 0 Å². The van der Waals surface area contributed by atoms with Crippen molar-refractivity contribution in [1.29, 1.82) is 0 Å². The van der Waals surface area contributed by atoms with Gasteiger partial charge in [0.15, 0.2) is 5.16 Å². The Morgan fingerprint density at radius 2 is 2.14 bits per heavy atom. The molecule has 22 heavy (non-hydrogen) atoms. The van der Waals surface area contributed by atoms with E-state index in [1.807, 2.05) is 18.2 Å². The van der Waals surface area contributed by atoms with Gasteiger partial charge in [-0.05, 0) is 25.0 Å². The number of aromatic nitrogens is 3. The Hall–Kier alpha value is -1.12. The van der Waals surface area contributed by atoms with E-state index in [4.69, 9.17) is 10.5 Å². The van der Waals surface area contributed by atoms with E-state index in [2.05, 4.69) is 14.8 Å². The van der Waals surface area contributed by atoms with Crippen molar-refractivity contribution in [2.24, 2.45) is 18.7 Å². The zero-order valence-corrected chi connectivity index (χ0v) is 14.3. The maximum absolute atomic E-state index is 12.1. The zero-order chi connectivity index (χ0) is 16.1. The van der Waals surface area contributed by atoms with Gasteiger partial charge in [0.1, 0.15) is 11.9 Å². The lowest BCUT2D eigenvalue weighted by molar-refractivity contribution is -0.135. The summed E-state index contributed by atoms with van der Waals surface area (Å²) in [4.78, 5) is 14.0. The lowest BCUT2D eigenvalue weighted by Gasteiger charge is -2.33. The molecular weight excluding hydrogens is 302 g/mol. The van der Waals surface area contributed by atoms with Gasteiger partial charge in [-0.15, -0.1) is 10.2 Å². The fraction of sp³-hybridized carbons (Fsp3) is 0.786. The van der Waals surface area contributed by atoms with Crippen LogP contribution in [0.5, 0.6) is 0 Å². The molecule has 2 rings (SSSR count). The van der Waals surface area contributed by atoms with Crippen LogP contribution in [0, 0.1) is 5.92 Å². The number of piperidine rings is 1. The fourth-order valence-electron chi connectivity index (χ4n) is 2.80. The highest BCUT2D eigenvalue weighted by Gasteiger charge is 2.27. The predicted octanol–water partition coefficient (Wildman–Crippen LogP) is 0.292. The van der Waals surface area contributed by atoms with Crippen LogP contribution in [0.1, 0.15) is 18.7 Å². The predicted molar refractivity (Wildman–Crippen MR) is 85.6 cm³/mol. The number of rotatable bonds is 6. The second-order valence-electron chi connectivity index (χ2n) is 5.70. The summed E-state index contributed by atoms with van der Waals surface area (Å²) in [5.74, 6) is 1.55. The number of nitrogens with zero attached hydrogens (tertiary/aromatic N) is 4. The largest absolute Gasteiger partial charge is 0.383 e. The van der Waals surface area contributed by atoms with E-state index < -0.39 is 6.04 Å². The van der Waals surface area contributed by atoms with Gasteiger partial charge in [-0.3, -0.25) is 4.79 Å². The van der Waals surface area contributed by atoms with Crippen molar-refractivity contribution in [3.63, 3.8) is 0 Å². The van der Waals surface area contributed by atoms with Crippen molar-refractivity contribution < 1.29 is 9.53 Å². The van der Waals surface area contributed by atoms with E-state index in [1.54, 1.807) is 18.9 Å². The average molecular weight is 327 g/mol. The molecule has 1 saturated heterocycles. The van der Waals surface area contributed by atoms with Crippen molar-refractivity contribution in [2.75, 3.05) is 33.1 Å². The molecule has 7 nitrogen and oxygen atoms in total. The Morgan fingerprint density at radius 3 is 2.68 bits per heavy atom. The van der Waals surface area contributed by atoms with E-state index in [9.17, 15) is 4.79 Å². The number of carbonyl (C=O) groups is 1. The molecule has 1 aromatic rings.